The Kier molecular flexibility index (Phi) is 17.0. The van der Waals surface area contributed by atoms with Gasteiger partial charge in [0.05, 0.1) is 53.4 Å². The predicted molar refractivity (Wildman–Crippen MR) is 198 cm³/mol. The van der Waals surface area contributed by atoms with Gasteiger partial charge in [-0.05, 0) is 74.9 Å². The lowest BCUT2D eigenvalue weighted by Crippen LogP contribution is -2.61. The van der Waals surface area contributed by atoms with Crippen molar-refractivity contribution in [3.63, 3.8) is 0 Å². The molecule has 0 aliphatic carbocycles. The highest BCUT2D eigenvalue weighted by atomic mass is 35.5. The average Bonchev–Trinajstić information content (AvgIpc) is 3.06. The molecule has 16 heteroatoms. The average molecular weight is 785 g/mol. The Morgan fingerprint density at radius 3 is 2.06 bits per heavy atom. The highest BCUT2D eigenvalue weighted by molar-refractivity contribution is 5.88. The van der Waals surface area contributed by atoms with Gasteiger partial charge in [-0.1, -0.05) is 32.9 Å². The number of aliphatic hydroxyl groups excluding tert-OH is 3. The van der Waals surface area contributed by atoms with Crippen molar-refractivity contribution >= 4 is 24.1 Å². The van der Waals surface area contributed by atoms with E-state index in [1.54, 1.807) is 55.4 Å². The van der Waals surface area contributed by atoms with Gasteiger partial charge in [0.25, 0.3) is 0 Å². The Bertz CT molecular complexity index is 1210. The molecule has 3 saturated heterocycles. The van der Waals surface area contributed by atoms with E-state index in [0.717, 1.165) is 0 Å². The van der Waals surface area contributed by atoms with Crippen LogP contribution in [0.3, 0.4) is 0 Å². The van der Waals surface area contributed by atoms with Gasteiger partial charge in [0, 0.05) is 37.3 Å². The van der Waals surface area contributed by atoms with Crippen molar-refractivity contribution in [1.29, 1.82) is 0 Å². The Balaban J connectivity index is 0.00000972. The predicted octanol–water partition coefficient (Wildman–Crippen LogP) is 2.47. The molecule has 0 aromatic rings. The second-order valence-electron chi connectivity index (χ2n) is 16.6. The number of aliphatic hydroxyl groups is 5. The summed E-state index contributed by atoms with van der Waals surface area (Å²) >= 11 is 0. The van der Waals surface area contributed by atoms with Crippen molar-refractivity contribution in [3.8, 4) is 0 Å². The van der Waals surface area contributed by atoms with Crippen LogP contribution < -0.4 is 0 Å². The minimum absolute atomic E-state index is 0. The minimum Gasteiger partial charge on any atom is -0.459 e. The number of carbonyl (C=O) groups is 1. The molecular formula is C37H69ClN2O13. The van der Waals surface area contributed by atoms with Crippen LogP contribution in [-0.4, -0.2) is 153 Å². The summed E-state index contributed by atoms with van der Waals surface area (Å²) in [5.41, 5.74) is -4.68. The van der Waals surface area contributed by atoms with Crippen molar-refractivity contribution in [2.24, 2.45) is 28.8 Å². The zero-order chi connectivity index (χ0) is 39.7. The minimum atomic E-state index is -1.97. The van der Waals surface area contributed by atoms with Crippen LogP contribution in [0.1, 0.15) is 94.9 Å². The summed E-state index contributed by atoms with van der Waals surface area (Å²) in [7, 11) is 5.19. The number of nitrogens with zero attached hydrogens (tertiary/aromatic N) is 2. The van der Waals surface area contributed by atoms with Gasteiger partial charge < -0.3 is 64.1 Å². The fourth-order valence-electron chi connectivity index (χ4n) is 8.61. The summed E-state index contributed by atoms with van der Waals surface area (Å²) in [5, 5.41) is 71.8. The van der Waals surface area contributed by atoms with Crippen LogP contribution in [0.2, 0.25) is 0 Å². The van der Waals surface area contributed by atoms with E-state index < -0.39 is 102 Å². The summed E-state index contributed by atoms with van der Waals surface area (Å²) in [5.74, 6) is -4.24. The number of methoxy groups -OCH3 is 1. The first-order valence-corrected chi connectivity index (χ1v) is 18.7. The lowest BCUT2D eigenvalue weighted by Gasteiger charge is -2.49. The van der Waals surface area contributed by atoms with E-state index in [1.807, 2.05) is 25.9 Å². The van der Waals surface area contributed by atoms with Gasteiger partial charge in [-0.15, -0.1) is 12.4 Å². The second-order valence-corrected chi connectivity index (χ2v) is 16.6. The Hall–Kier alpha value is -1.21. The molecule has 0 radical (unpaired) electrons. The fraction of sp³-hybridized carbons (Fsp3) is 0.946. The van der Waals surface area contributed by atoms with Gasteiger partial charge in [-0.25, -0.2) is 0 Å². The van der Waals surface area contributed by atoms with E-state index in [2.05, 4.69) is 5.16 Å². The summed E-state index contributed by atoms with van der Waals surface area (Å²) in [6.45, 7) is 16.6. The quantitative estimate of drug-likeness (QED) is 0.125. The molecule has 0 bridgehead atoms. The smallest absolute Gasteiger partial charge is 0.311 e. The van der Waals surface area contributed by atoms with Crippen molar-refractivity contribution in [1.82, 2.24) is 4.90 Å². The zero-order valence-corrected chi connectivity index (χ0v) is 34.6. The molecule has 0 aromatic heterocycles. The number of rotatable bonds is 7. The maximum atomic E-state index is 14.1. The molecule has 3 aliphatic rings. The first-order chi connectivity index (χ1) is 24.0. The number of halogens is 1. The van der Waals surface area contributed by atoms with E-state index in [9.17, 15) is 35.5 Å². The van der Waals surface area contributed by atoms with Crippen molar-refractivity contribution in [2.75, 3.05) is 21.2 Å². The van der Waals surface area contributed by atoms with E-state index in [0.29, 0.717) is 6.42 Å². The van der Waals surface area contributed by atoms with Gasteiger partial charge in [-0.2, -0.15) is 0 Å². The van der Waals surface area contributed by atoms with Crippen molar-refractivity contribution < 1.29 is 64.0 Å². The van der Waals surface area contributed by atoms with Crippen LogP contribution in [-0.2, 0) is 33.2 Å². The van der Waals surface area contributed by atoms with Crippen LogP contribution >= 0.6 is 12.4 Å². The summed E-state index contributed by atoms with van der Waals surface area (Å²) in [4.78, 5) is 16.0. The number of ether oxygens (including phenoxy) is 6. The number of carbonyl (C=O) groups excluding carboxylic acids is 1. The van der Waals surface area contributed by atoms with E-state index in [1.165, 1.54) is 14.0 Å². The fourth-order valence-corrected chi connectivity index (χ4v) is 8.61. The largest absolute Gasteiger partial charge is 0.459 e. The number of hydrogen-bond donors (Lipinski definition) is 6. The third kappa shape index (κ3) is 10.4. The van der Waals surface area contributed by atoms with Gasteiger partial charge in [0.15, 0.2) is 12.6 Å². The van der Waals surface area contributed by atoms with Crippen LogP contribution in [0.5, 0.6) is 0 Å². The molecule has 0 aromatic carbocycles. The molecule has 312 valence electrons. The first-order valence-electron chi connectivity index (χ1n) is 18.7. The van der Waals surface area contributed by atoms with Crippen LogP contribution in [0.15, 0.2) is 5.16 Å². The maximum Gasteiger partial charge on any atom is 0.311 e. The molecule has 3 aliphatic heterocycles. The van der Waals surface area contributed by atoms with Gasteiger partial charge in [0.2, 0.25) is 0 Å². The van der Waals surface area contributed by atoms with Gasteiger partial charge in [-0.3, -0.25) is 4.79 Å². The number of cyclic esters (lactones) is 1. The van der Waals surface area contributed by atoms with Crippen molar-refractivity contribution in [2.45, 2.75) is 179 Å². The molecule has 6 N–H and O–H groups in total. The highest BCUT2D eigenvalue weighted by Gasteiger charge is 2.53. The molecule has 0 spiro atoms. The Labute approximate surface area is 321 Å². The first kappa shape index (κ1) is 47.9. The monoisotopic (exact) mass is 784 g/mol. The molecule has 0 unspecified atom stereocenters. The normalized spacial score (nSPS) is 48.8. The maximum absolute atomic E-state index is 14.1. The molecule has 18 atom stereocenters. The van der Waals surface area contributed by atoms with Crippen LogP contribution in [0.4, 0.5) is 0 Å². The Morgan fingerprint density at radius 1 is 0.925 bits per heavy atom. The molecule has 3 fully saturated rings. The molecular weight excluding hydrogens is 716 g/mol. The Morgan fingerprint density at radius 2 is 1.53 bits per heavy atom. The number of esters is 1. The van der Waals surface area contributed by atoms with Crippen LogP contribution in [0.25, 0.3) is 0 Å². The third-order valence-corrected chi connectivity index (χ3v) is 12.0. The van der Waals surface area contributed by atoms with Crippen molar-refractivity contribution in [3.05, 3.63) is 0 Å². The number of hydrogen-bond acceptors (Lipinski definition) is 15. The molecule has 3 rings (SSSR count). The van der Waals surface area contributed by atoms with Gasteiger partial charge in [0.1, 0.15) is 23.9 Å². The second kappa shape index (κ2) is 18.8. The molecule has 3 heterocycles. The summed E-state index contributed by atoms with van der Waals surface area (Å²) < 4.78 is 37.2. The summed E-state index contributed by atoms with van der Waals surface area (Å²) in [6.07, 6.45) is -9.51. The SMILES string of the molecule is CC[C@H]1OC(=O)[C@H](C)[C@@H](O[C@H]2C[C@@](C)(OC)[C@@H](O)[C@H](C)O2)[C@H](C)[C@@H](O[C@@H]2O[C@H](C)C[C@H](N(C)C)[C@H]2O)[C@](C)(O)C[C@@H](C)C(=NO)[C@H](C)[C@@H](O)[C@]1(C)O.Cl. The standard InChI is InChI=1S/C37H68N2O13.ClH/c1-14-25-37(10,45)30(41)20(4)27(38-46)18(2)16-35(8,44)32(52-34-28(40)24(39(11)12)15-19(3)48-34)21(5)29(22(6)33(43)50-25)51-26-17-36(9,47-13)31(42)23(7)49-26;/h18-26,28-32,34,40-42,44-46H,14-17H2,1-13H3;1H/t18-,19-,20+,21+,22-,23+,24+,25-,26+,28-,29+,30-,31+,32-,34+,35-,36-,37-;/m1./s1. The van der Waals surface area contributed by atoms with E-state index in [4.69, 9.17) is 28.4 Å². The van der Waals surface area contributed by atoms with Gasteiger partial charge >= 0.3 is 5.97 Å². The highest BCUT2D eigenvalue weighted by Crippen LogP contribution is 2.41. The van der Waals surface area contributed by atoms with Crippen LogP contribution in [0, 0.1) is 23.7 Å². The third-order valence-electron chi connectivity index (χ3n) is 12.0. The number of likely N-dealkylation sites (N-methyl/N-ethyl adjacent to an activating group) is 1. The van der Waals surface area contributed by atoms with E-state index >= 15 is 0 Å². The number of oxime groups is 1. The molecule has 15 nitrogen and oxygen atoms in total. The molecule has 0 saturated carbocycles. The summed E-state index contributed by atoms with van der Waals surface area (Å²) in [6, 6.07) is -0.322. The lowest BCUT2D eigenvalue weighted by molar-refractivity contribution is -0.317. The van der Waals surface area contributed by atoms with E-state index in [-0.39, 0.29) is 49.5 Å². The lowest BCUT2D eigenvalue weighted by atomic mass is 9.73. The topological polar surface area (TPSA) is 209 Å². The zero-order valence-electron chi connectivity index (χ0n) is 33.8. The molecule has 53 heavy (non-hydrogen) atoms. The molecule has 0 amide bonds.